The van der Waals surface area contributed by atoms with Crippen LogP contribution in [0.4, 0.5) is 0 Å². The van der Waals surface area contributed by atoms with Crippen molar-refractivity contribution < 1.29 is 0 Å². The van der Waals surface area contributed by atoms with Crippen molar-refractivity contribution in [1.82, 2.24) is 0 Å². The molecule has 114 valence electrons. The fraction of sp³-hybridized carbons (Fsp3) is 0.0526. The molecule has 0 saturated heterocycles. The van der Waals surface area contributed by atoms with Crippen LogP contribution < -0.4 is 0 Å². The highest BCUT2D eigenvalue weighted by Crippen LogP contribution is 2.44. The first-order chi connectivity index (χ1) is 11.3. The van der Waals surface area contributed by atoms with E-state index in [2.05, 4.69) is 86.5 Å². The summed E-state index contributed by atoms with van der Waals surface area (Å²) in [5.74, 6) is 1.81. The van der Waals surface area contributed by atoms with Crippen molar-refractivity contribution in [2.75, 3.05) is 5.83 Å². The standard InChI is InChI=1S/C18H9BrS2.CH3Br/c19-10-5-8-16-14(9-10)13-7-6-12-11-3-1-2-4-15(11)20-17(12)18(13)21-16;1-2/h1-9H;1H3. The molecule has 2 aromatic heterocycles. The third-order valence-electron chi connectivity index (χ3n) is 3.95. The molecule has 5 rings (SSSR count). The van der Waals surface area contributed by atoms with E-state index >= 15 is 0 Å². The first-order valence-corrected chi connectivity index (χ1v) is 11.1. The lowest BCUT2D eigenvalue weighted by molar-refractivity contribution is 1.77. The number of hydrogen-bond acceptors (Lipinski definition) is 2. The Morgan fingerprint density at radius 2 is 1.26 bits per heavy atom. The first-order valence-electron chi connectivity index (χ1n) is 7.11. The Kier molecular flexibility index (Phi) is 4.18. The monoisotopic (exact) mass is 462 g/mol. The van der Waals surface area contributed by atoms with Gasteiger partial charge in [-0.25, -0.2) is 0 Å². The zero-order valence-electron chi connectivity index (χ0n) is 12.3. The van der Waals surface area contributed by atoms with Crippen LogP contribution in [0.25, 0.3) is 40.3 Å². The average Bonchev–Trinajstić information content (AvgIpc) is 3.14. The van der Waals surface area contributed by atoms with Gasteiger partial charge < -0.3 is 0 Å². The Morgan fingerprint density at radius 3 is 2.00 bits per heavy atom. The summed E-state index contributed by atoms with van der Waals surface area (Å²) in [6.07, 6.45) is 0. The summed E-state index contributed by atoms with van der Waals surface area (Å²) in [4.78, 5) is 0. The molecule has 0 radical (unpaired) electrons. The van der Waals surface area contributed by atoms with Gasteiger partial charge in [0.25, 0.3) is 0 Å². The van der Waals surface area contributed by atoms with Gasteiger partial charge in [0, 0.05) is 35.4 Å². The molecule has 5 aromatic rings. The van der Waals surface area contributed by atoms with Crippen LogP contribution in [0.15, 0.2) is 59.1 Å². The zero-order valence-corrected chi connectivity index (χ0v) is 17.1. The molecule has 0 N–H and O–H groups in total. The van der Waals surface area contributed by atoms with Crippen molar-refractivity contribution in [3.63, 3.8) is 0 Å². The number of rotatable bonds is 0. The number of halogens is 2. The molecule has 0 aliphatic rings. The van der Waals surface area contributed by atoms with E-state index in [4.69, 9.17) is 0 Å². The summed E-state index contributed by atoms with van der Waals surface area (Å²) in [7, 11) is 0. The molecule has 0 amide bonds. The van der Waals surface area contributed by atoms with E-state index in [1.807, 2.05) is 28.5 Å². The van der Waals surface area contributed by atoms with Crippen molar-refractivity contribution in [2.45, 2.75) is 0 Å². The van der Waals surface area contributed by atoms with Crippen LogP contribution >= 0.6 is 54.5 Å². The SMILES string of the molecule is Brc1ccc2sc3c(ccc4c5ccccc5sc43)c2c1.CBr. The quantitative estimate of drug-likeness (QED) is 0.203. The number of hydrogen-bond donors (Lipinski definition) is 0. The third-order valence-corrected chi connectivity index (χ3v) is 6.98. The molecule has 4 heteroatoms. The highest BCUT2D eigenvalue weighted by Gasteiger charge is 2.12. The van der Waals surface area contributed by atoms with Crippen LogP contribution in [-0.4, -0.2) is 5.83 Å². The van der Waals surface area contributed by atoms with E-state index in [1.165, 1.54) is 40.3 Å². The van der Waals surface area contributed by atoms with Gasteiger partial charge in [-0.2, -0.15) is 0 Å². The van der Waals surface area contributed by atoms with E-state index in [9.17, 15) is 0 Å². The smallest absolute Gasteiger partial charge is 0.0534 e. The van der Waals surface area contributed by atoms with Gasteiger partial charge in [-0.1, -0.05) is 62.2 Å². The van der Waals surface area contributed by atoms with Crippen molar-refractivity contribution in [3.05, 3.63) is 59.1 Å². The van der Waals surface area contributed by atoms with Crippen molar-refractivity contribution in [2.24, 2.45) is 0 Å². The molecular weight excluding hydrogens is 452 g/mol. The van der Waals surface area contributed by atoms with Crippen LogP contribution in [0.3, 0.4) is 0 Å². The number of alkyl halides is 1. The predicted octanol–water partition coefficient (Wildman–Crippen LogP) is 8.20. The van der Waals surface area contributed by atoms with Gasteiger partial charge >= 0.3 is 0 Å². The highest BCUT2D eigenvalue weighted by molar-refractivity contribution is 9.10. The fourth-order valence-corrected chi connectivity index (χ4v) is 5.87. The van der Waals surface area contributed by atoms with Crippen molar-refractivity contribution >= 4 is 94.9 Å². The molecule has 2 heterocycles. The minimum absolute atomic E-state index is 1.14. The number of fused-ring (bicyclic) bond motifs is 7. The molecule has 0 fully saturated rings. The Morgan fingerprint density at radius 1 is 0.652 bits per heavy atom. The van der Waals surface area contributed by atoms with Crippen LogP contribution in [0.2, 0.25) is 0 Å². The van der Waals surface area contributed by atoms with Gasteiger partial charge in [0.1, 0.15) is 0 Å². The van der Waals surface area contributed by atoms with E-state index in [0.29, 0.717) is 0 Å². The van der Waals surface area contributed by atoms with Crippen LogP contribution in [0.1, 0.15) is 0 Å². The fourth-order valence-electron chi connectivity index (χ4n) is 2.99. The van der Waals surface area contributed by atoms with E-state index in [0.717, 1.165) is 4.47 Å². The van der Waals surface area contributed by atoms with Gasteiger partial charge in [0.05, 0.1) is 9.40 Å². The second kappa shape index (κ2) is 6.17. The second-order valence-corrected chi connectivity index (χ2v) is 8.18. The maximum Gasteiger partial charge on any atom is 0.0534 e. The minimum Gasteiger partial charge on any atom is -0.134 e. The van der Waals surface area contributed by atoms with Gasteiger partial charge in [0.2, 0.25) is 0 Å². The van der Waals surface area contributed by atoms with Crippen molar-refractivity contribution in [1.29, 1.82) is 0 Å². The number of thiophene rings is 2. The van der Waals surface area contributed by atoms with Gasteiger partial charge in [-0.3, -0.25) is 0 Å². The minimum atomic E-state index is 1.14. The van der Waals surface area contributed by atoms with E-state index in [1.54, 1.807) is 0 Å². The lowest BCUT2D eigenvalue weighted by Gasteiger charge is -1.94. The topological polar surface area (TPSA) is 0 Å². The molecule has 3 aromatic carbocycles. The van der Waals surface area contributed by atoms with Gasteiger partial charge in [-0.15, -0.1) is 22.7 Å². The van der Waals surface area contributed by atoms with Crippen LogP contribution in [0, 0.1) is 0 Å². The average molecular weight is 464 g/mol. The summed E-state index contributed by atoms with van der Waals surface area (Å²) in [6.45, 7) is 0. The third kappa shape index (κ3) is 2.43. The lowest BCUT2D eigenvalue weighted by Crippen LogP contribution is -1.68. The molecule has 0 nitrogen and oxygen atoms in total. The Hall–Kier alpha value is -0.940. The van der Waals surface area contributed by atoms with Crippen molar-refractivity contribution in [3.8, 4) is 0 Å². The Balaban J connectivity index is 0.000000652. The molecule has 0 spiro atoms. The Bertz CT molecular complexity index is 1150. The molecule has 0 aliphatic heterocycles. The molecule has 23 heavy (non-hydrogen) atoms. The summed E-state index contributed by atoms with van der Waals surface area (Å²) >= 11 is 10.3. The highest BCUT2D eigenvalue weighted by atomic mass is 79.9. The van der Waals surface area contributed by atoms with E-state index in [-0.39, 0.29) is 0 Å². The van der Waals surface area contributed by atoms with Crippen LogP contribution in [0.5, 0.6) is 0 Å². The summed E-state index contributed by atoms with van der Waals surface area (Å²) in [5, 5.41) is 5.48. The summed E-state index contributed by atoms with van der Waals surface area (Å²) < 4.78 is 6.72. The Labute approximate surface area is 159 Å². The largest absolute Gasteiger partial charge is 0.134 e. The second-order valence-electron chi connectivity index (χ2n) is 5.16. The molecule has 0 bridgehead atoms. The van der Waals surface area contributed by atoms with Gasteiger partial charge in [-0.05, 0) is 30.1 Å². The number of benzene rings is 3. The predicted molar refractivity (Wildman–Crippen MR) is 115 cm³/mol. The first kappa shape index (κ1) is 15.6. The maximum atomic E-state index is 3.59. The maximum absolute atomic E-state index is 3.59. The molecule has 0 atom stereocenters. The molecule has 0 aliphatic carbocycles. The molecule has 0 saturated carbocycles. The van der Waals surface area contributed by atoms with Crippen LogP contribution in [-0.2, 0) is 0 Å². The summed E-state index contributed by atoms with van der Waals surface area (Å²) in [6, 6.07) is 19.8. The molecular formula is C19H12Br2S2. The van der Waals surface area contributed by atoms with Gasteiger partial charge in [0.15, 0.2) is 0 Å². The lowest BCUT2D eigenvalue weighted by atomic mass is 10.1. The zero-order chi connectivity index (χ0) is 16.0. The summed E-state index contributed by atoms with van der Waals surface area (Å²) in [5.41, 5.74) is 0. The normalized spacial score (nSPS) is 11.3. The van der Waals surface area contributed by atoms with E-state index < -0.39 is 0 Å². The molecule has 0 unspecified atom stereocenters.